The zero-order valence-electron chi connectivity index (χ0n) is 14.1. The van der Waals surface area contributed by atoms with Crippen molar-refractivity contribution in [2.24, 2.45) is 5.73 Å². The summed E-state index contributed by atoms with van der Waals surface area (Å²) in [5, 5.41) is 0.497. The first-order valence-corrected chi connectivity index (χ1v) is 10.0. The molecule has 2 rings (SSSR count). The Hall–Kier alpha value is -1.60. The van der Waals surface area contributed by atoms with Gasteiger partial charge in [-0.25, -0.2) is 13.1 Å². The van der Waals surface area contributed by atoms with Crippen molar-refractivity contribution in [2.75, 3.05) is 6.54 Å². The van der Waals surface area contributed by atoms with Crippen LogP contribution in [-0.2, 0) is 16.4 Å². The molecule has 0 amide bonds. The van der Waals surface area contributed by atoms with Crippen molar-refractivity contribution in [3.63, 3.8) is 0 Å². The molecule has 0 fully saturated rings. The maximum atomic E-state index is 12.2. The highest BCUT2D eigenvalue weighted by Gasteiger charge is 2.13. The third kappa shape index (κ3) is 6.32. The second kappa shape index (κ2) is 9.20. The number of nitrogens with one attached hydrogen (secondary N) is 1. The van der Waals surface area contributed by atoms with E-state index in [1.165, 1.54) is 12.1 Å². The maximum absolute atomic E-state index is 12.2. The van der Waals surface area contributed by atoms with Crippen LogP contribution in [0, 0.1) is 0 Å². The number of rotatable bonds is 9. The molecule has 25 heavy (non-hydrogen) atoms. The van der Waals surface area contributed by atoms with E-state index in [-0.39, 0.29) is 17.7 Å². The first-order chi connectivity index (χ1) is 11.9. The molecule has 3 N–H and O–H groups in total. The summed E-state index contributed by atoms with van der Waals surface area (Å²) >= 11 is 5.78. The third-order valence-electron chi connectivity index (χ3n) is 3.59. The van der Waals surface area contributed by atoms with E-state index < -0.39 is 10.0 Å². The minimum Gasteiger partial charge on any atom is -0.476 e. The van der Waals surface area contributed by atoms with Gasteiger partial charge in [0.1, 0.15) is 12.0 Å². The molecule has 0 aliphatic rings. The van der Waals surface area contributed by atoms with E-state index in [1.54, 1.807) is 12.1 Å². The second-order valence-corrected chi connectivity index (χ2v) is 7.90. The standard InChI is InChI=1S/C18H23ClN2O3S/c1-2-4-18(20)24-16-6-3-5-14(13-16)11-12-21-25(22,23)17-9-7-15(19)8-10-17/h3,5-10,13,18,21H,2,4,11-12,20H2,1H3. The van der Waals surface area contributed by atoms with Crippen LogP contribution in [0.1, 0.15) is 25.3 Å². The number of halogens is 1. The Balaban J connectivity index is 1.92. The summed E-state index contributed by atoms with van der Waals surface area (Å²) in [5.41, 5.74) is 6.85. The average molecular weight is 383 g/mol. The van der Waals surface area contributed by atoms with Crippen LogP contribution in [0.25, 0.3) is 0 Å². The van der Waals surface area contributed by atoms with Gasteiger partial charge in [0.05, 0.1) is 4.90 Å². The molecule has 0 bridgehead atoms. The second-order valence-electron chi connectivity index (χ2n) is 5.69. The molecule has 7 heteroatoms. The SMILES string of the molecule is CCCC(N)Oc1cccc(CCNS(=O)(=O)c2ccc(Cl)cc2)c1. The first-order valence-electron chi connectivity index (χ1n) is 8.17. The smallest absolute Gasteiger partial charge is 0.240 e. The molecule has 1 unspecified atom stereocenters. The summed E-state index contributed by atoms with van der Waals surface area (Å²) in [7, 11) is -3.54. The van der Waals surface area contributed by atoms with Gasteiger partial charge in [0.25, 0.3) is 0 Å². The monoisotopic (exact) mass is 382 g/mol. The Morgan fingerprint density at radius 2 is 1.92 bits per heavy atom. The van der Waals surface area contributed by atoms with Gasteiger partial charge >= 0.3 is 0 Å². The predicted octanol–water partition coefficient (Wildman–Crippen LogP) is 3.32. The molecule has 0 aliphatic carbocycles. The number of nitrogens with two attached hydrogens (primary N) is 1. The van der Waals surface area contributed by atoms with Gasteiger partial charge < -0.3 is 4.74 Å². The summed E-state index contributed by atoms with van der Waals surface area (Å²) < 4.78 is 32.7. The molecular weight excluding hydrogens is 360 g/mol. The van der Waals surface area contributed by atoms with Crippen LogP contribution < -0.4 is 15.2 Å². The fourth-order valence-corrected chi connectivity index (χ4v) is 3.48. The zero-order valence-corrected chi connectivity index (χ0v) is 15.7. The van der Waals surface area contributed by atoms with Crippen LogP contribution in [0.3, 0.4) is 0 Å². The van der Waals surface area contributed by atoms with E-state index in [1.807, 2.05) is 31.2 Å². The molecule has 5 nitrogen and oxygen atoms in total. The van der Waals surface area contributed by atoms with E-state index in [2.05, 4.69) is 4.72 Å². The summed E-state index contributed by atoms with van der Waals surface area (Å²) in [6.07, 6.45) is 1.95. The lowest BCUT2D eigenvalue weighted by Gasteiger charge is -2.14. The number of ether oxygens (including phenoxy) is 1. The van der Waals surface area contributed by atoms with Gasteiger partial charge in [-0.2, -0.15) is 0 Å². The molecule has 0 saturated carbocycles. The number of hydrogen-bond donors (Lipinski definition) is 2. The number of hydrogen-bond acceptors (Lipinski definition) is 4. The lowest BCUT2D eigenvalue weighted by atomic mass is 10.1. The number of benzene rings is 2. The van der Waals surface area contributed by atoms with Gasteiger partial charge in [0.15, 0.2) is 0 Å². The van der Waals surface area contributed by atoms with Crippen molar-refractivity contribution in [1.29, 1.82) is 0 Å². The predicted molar refractivity (Wildman–Crippen MR) is 100 cm³/mol. The van der Waals surface area contributed by atoms with Crippen LogP contribution >= 0.6 is 11.6 Å². The van der Waals surface area contributed by atoms with Crippen molar-refractivity contribution >= 4 is 21.6 Å². The lowest BCUT2D eigenvalue weighted by Crippen LogP contribution is -2.27. The molecule has 136 valence electrons. The summed E-state index contributed by atoms with van der Waals surface area (Å²) in [5.74, 6) is 0.694. The topological polar surface area (TPSA) is 81.4 Å². The quantitative estimate of drug-likeness (QED) is 0.652. The molecule has 2 aromatic carbocycles. The first kappa shape index (κ1) is 19.7. The fourth-order valence-electron chi connectivity index (χ4n) is 2.32. The Morgan fingerprint density at radius 1 is 1.20 bits per heavy atom. The highest BCUT2D eigenvalue weighted by atomic mass is 35.5. The molecule has 0 aromatic heterocycles. The Kier molecular flexibility index (Phi) is 7.25. The summed E-state index contributed by atoms with van der Waals surface area (Å²) in [6, 6.07) is 13.6. The van der Waals surface area contributed by atoms with E-state index in [0.717, 1.165) is 18.4 Å². The van der Waals surface area contributed by atoms with Crippen molar-refractivity contribution in [3.05, 3.63) is 59.1 Å². The van der Waals surface area contributed by atoms with E-state index >= 15 is 0 Å². The van der Waals surface area contributed by atoms with Gasteiger partial charge in [0.2, 0.25) is 10.0 Å². The van der Waals surface area contributed by atoms with Crippen LogP contribution in [-0.4, -0.2) is 21.2 Å². The van der Waals surface area contributed by atoms with Gasteiger partial charge in [-0.3, -0.25) is 5.73 Å². The molecule has 0 saturated heterocycles. The van der Waals surface area contributed by atoms with Crippen molar-refractivity contribution in [2.45, 2.75) is 37.3 Å². The molecule has 0 heterocycles. The minimum absolute atomic E-state index is 0.194. The zero-order chi connectivity index (χ0) is 18.3. The molecular formula is C18H23ClN2O3S. The van der Waals surface area contributed by atoms with Crippen LogP contribution in [0.5, 0.6) is 5.75 Å². The van der Waals surface area contributed by atoms with Crippen molar-refractivity contribution in [1.82, 2.24) is 4.72 Å². The Morgan fingerprint density at radius 3 is 2.60 bits per heavy atom. The van der Waals surface area contributed by atoms with Gasteiger partial charge in [0, 0.05) is 11.6 Å². The van der Waals surface area contributed by atoms with E-state index in [9.17, 15) is 8.42 Å². The highest BCUT2D eigenvalue weighted by molar-refractivity contribution is 7.89. The lowest BCUT2D eigenvalue weighted by molar-refractivity contribution is 0.197. The van der Waals surface area contributed by atoms with E-state index in [0.29, 0.717) is 17.2 Å². The summed E-state index contributed by atoms with van der Waals surface area (Å²) in [4.78, 5) is 0.194. The highest BCUT2D eigenvalue weighted by Crippen LogP contribution is 2.16. The van der Waals surface area contributed by atoms with Crippen LogP contribution in [0.4, 0.5) is 0 Å². The largest absolute Gasteiger partial charge is 0.476 e. The van der Waals surface area contributed by atoms with Crippen molar-refractivity contribution in [3.8, 4) is 5.75 Å². The molecule has 0 spiro atoms. The fraction of sp³-hybridized carbons (Fsp3) is 0.333. The maximum Gasteiger partial charge on any atom is 0.240 e. The molecule has 1 atom stereocenters. The number of sulfonamides is 1. The third-order valence-corrected chi connectivity index (χ3v) is 5.32. The van der Waals surface area contributed by atoms with Gasteiger partial charge in [-0.1, -0.05) is 37.1 Å². The molecule has 0 radical (unpaired) electrons. The van der Waals surface area contributed by atoms with Gasteiger partial charge in [-0.15, -0.1) is 0 Å². The minimum atomic E-state index is -3.54. The normalized spacial score (nSPS) is 12.8. The van der Waals surface area contributed by atoms with Crippen LogP contribution in [0.2, 0.25) is 5.02 Å². The Labute approximate surface area is 154 Å². The molecule has 0 aliphatic heterocycles. The van der Waals surface area contributed by atoms with Gasteiger partial charge in [-0.05, 0) is 54.8 Å². The molecule has 2 aromatic rings. The van der Waals surface area contributed by atoms with E-state index in [4.69, 9.17) is 22.1 Å². The van der Waals surface area contributed by atoms with Crippen molar-refractivity contribution < 1.29 is 13.2 Å². The average Bonchev–Trinajstić information content (AvgIpc) is 2.55. The summed E-state index contributed by atoms with van der Waals surface area (Å²) in [6.45, 7) is 2.34. The van der Waals surface area contributed by atoms with Crippen LogP contribution in [0.15, 0.2) is 53.4 Å². The Bertz CT molecular complexity index is 779.